The summed E-state index contributed by atoms with van der Waals surface area (Å²) < 4.78 is 74.3. The fourth-order valence-corrected chi connectivity index (χ4v) is 7.32. The van der Waals surface area contributed by atoms with E-state index in [0.29, 0.717) is 16.9 Å². The zero-order valence-corrected chi connectivity index (χ0v) is 24.0. The molecular weight excluding hydrogens is 597 g/mol. The summed E-state index contributed by atoms with van der Waals surface area (Å²) in [6.45, 7) is 1.06. The summed E-state index contributed by atoms with van der Waals surface area (Å²) in [4.78, 5) is 22.3. The van der Waals surface area contributed by atoms with Gasteiger partial charge < -0.3 is 10.2 Å². The van der Waals surface area contributed by atoms with Gasteiger partial charge in [0.15, 0.2) is 0 Å². The molecule has 2 unspecified atom stereocenters. The van der Waals surface area contributed by atoms with E-state index in [2.05, 4.69) is 0 Å². The summed E-state index contributed by atoms with van der Waals surface area (Å²) in [5.74, 6) is -0.801. The molecular formula is C21H26N4O10S4. The van der Waals surface area contributed by atoms with Crippen molar-refractivity contribution in [2.24, 2.45) is 0 Å². The molecule has 39 heavy (non-hydrogen) atoms. The van der Waals surface area contributed by atoms with Crippen LogP contribution in [-0.4, -0.2) is 72.4 Å². The van der Waals surface area contributed by atoms with Crippen LogP contribution in [0.1, 0.15) is 18.1 Å². The fraction of sp³-hybridized carbons (Fsp3) is 0.333. The average molecular weight is 623 g/mol. The standard InChI is InChI=1S/C11H14N2O5S2.C10H12N2O5S2/c1-2-19(16)7-8-3-4-9(10(14)5-8)13-6-11(15)12-20(13,17)18;1-18(15)6-7-2-3-8(9(13)4-7)12-5-10(14)11-19(12,16)17/h3-5,14H,2,6-7H2,1H3,(H,12,15);2-4,13H,5-6H2,1H3,(H,11,14). The molecule has 214 valence electrons. The number of phenolic OH excluding ortho intramolecular Hbond substituents is 2. The van der Waals surface area contributed by atoms with Gasteiger partial charge in [-0.05, 0) is 35.4 Å². The Balaban J connectivity index is 0.000000216. The van der Waals surface area contributed by atoms with E-state index >= 15 is 0 Å². The van der Waals surface area contributed by atoms with Gasteiger partial charge in [0.2, 0.25) is 0 Å². The lowest BCUT2D eigenvalue weighted by atomic mass is 10.2. The highest BCUT2D eigenvalue weighted by atomic mass is 32.2. The van der Waals surface area contributed by atoms with Gasteiger partial charge >= 0.3 is 20.4 Å². The van der Waals surface area contributed by atoms with Gasteiger partial charge in [-0.1, -0.05) is 19.1 Å². The van der Waals surface area contributed by atoms with Crippen molar-refractivity contribution in [3.05, 3.63) is 47.5 Å². The van der Waals surface area contributed by atoms with Crippen LogP contribution in [0.4, 0.5) is 11.4 Å². The second-order valence-corrected chi connectivity index (χ2v) is 14.7. The summed E-state index contributed by atoms with van der Waals surface area (Å²) >= 11 is 0. The van der Waals surface area contributed by atoms with Crippen molar-refractivity contribution in [3.63, 3.8) is 0 Å². The Morgan fingerprint density at radius 3 is 1.51 bits per heavy atom. The minimum atomic E-state index is -3.94. The highest BCUT2D eigenvalue weighted by molar-refractivity contribution is 7.92. The molecule has 2 aliphatic rings. The number of hydrogen-bond acceptors (Lipinski definition) is 10. The predicted molar refractivity (Wildman–Crippen MR) is 145 cm³/mol. The van der Waals surface area contributed by atoms with Gasteiger partial charge in [0.1, 0.15) is 24.6 Å². The summed E-state index contributed by atoms with van der Waals surface area (Å²) in [5, 5.41) is 19.8. The predicted octanol–water partition coefficient (Wildman–Crippen LogP) is -0.706. The third kappa shape index (κ3) is 7.46. The van der Waals surface area contributed by atoms with E-state index in [1.165, 1.54) is 30.5 Å². The van der Waals surface area contributed by atoms with Crippen molar-refractivity contribution in [2.45, 2.75) is 18.4 Å². The lowest BCUT2D eigenvalue weighted by molar-refractivity contribution is -0.118. The van der Waals surface area contributed by atoms with Crippen LogP contribution in [0, 0.1) is 0 Å². The molecule has 2 amide bonds. The molecule has 4 rings (SSSR count). The lowest BCUT2D eigenvalue weighted by Crippen LogP contribution is -2.29. The molecule has 0 saturated carbocycles. The molecule has 0 spiro atoms. The zero-order valence-electron chi connectivity index (χ0n) is 20.7. The second-order valence-electron chi connectivity index (χ2n) is 8.31. The number of carbonyl (C=O) groups excluding carboxylic acids is 2. The number of aromatic hydroxyl groups is 2. The maximum absolute atomic E-state index is 11.7. The fourth-order valence-electron chi connectivity index (χ4n) is 3.58. The Bertz CT molecular complexity index is 1560. The van der Waals surface area contributed by atoms with Crippen LogP contribution < -0.4 is 18.1 Å². The van der Waals surface area contributed by atoms with Crippen molar-refractivity contribution >= 4 is 65.2 Å². The van der Waals surface area contributed by atoms with Crippen LogP contribution >= 0.6 is 0 Å². The maximum Gasteiger partial charge on any atom is 0.326 e. The number of carbonyl (C=O) groups is 2. The number of phenols is 2. The van der Waals surface area contributed by atoms with Crippen molar-refractivity contribution < 1.29 is 45.1 Å². The average Bonchev–Trinajstić information content (AvgIpc) is 3.25. The van der Waals surface area contributed by atoms with E-state index in [4.69, 9.17) is 0 Å². The van der Waals surface area contributed by atoms with Crippen molar-refractivity contribution in [1.29, 1.82) is 0 Å². The molecule has 2 fully saturated rings. The van der Waals surface area contributed by atoms with Gasteiger partial charge in [-0.15, -0.1) is 0 Å². The number of anilines is 2. The lowest BCUT2D eigenvalue weighted by Gasteiger charge is -2.16. The highest BCUT2D eigenvalue weighted by Gasteiger charge is 2.36. The van der Waals surface area contributed by atoms with Crippen molar-refractivity contribution in [1.82, 2.24) is 9.44 Å². The highest BCUT2D eigenvalue weighted by Crippen LogP contribution is 2.32. The minimum absolute atomic E-state index is 0.0176. The molecule has 2 aromatic carbocycles. The van der Waals surface area contributed by atoms with E-state index in [9.17, 15) is 45.1 Å². The molecule has 2 aliphatic heterocycles. The number of benzene rings is 2. The molecule has 0 aromatic heterocycles. The zero-order chi connectivity index (χ0) is 29.1. The smallest absolute Gasteiger partial charge is 0.326 e. The molecule has 0 aliphatic carbocycles. The third-order valence-corrected chi connectivity index (χ3v) is 10.1. The number of rotatable bonds is 7. The quantitative estimate of drug-likeness (QED) is 0.305. The van der Waals surface area contributed by atoms with Crippen molar-refractivity contribution in [2.75, 3.05) is 33.7 Å². The van der Waals surface area contributed by atoms with E-state index in [-0.39, 0.29) is 47.5 Å². The monoisotopic (exact) mass is 622 g/mol. The van der Waals surface area contributed by atoms with Crippen LogP contribution in [-0.2, 0) is 63.1 Å². The molecule has 2 saturated heterocycles. The number of nitrogens with one attached hydrogen (secondary N) is 2. The Kier molecular flexibility index (Phi) is 9.24. The Hall–Kier alpha value is -3.22. The largest absolute Gasteiger partial charge is 0.506 e. The third-order valence-electron chi connectivity index (χ3n) is 5.28. The molecule has 2 atom stereocenters. The molecule has 0 bridgehead atoms. The molecule has 4 N–H and O–H groups in total. The van der Waals surface area contributed by atoms with Gasteiger partial charge in [0, 0.05) is 45.1 Å². The van der Waals surface area contributed by atoms with E-state index in [1.54, 1.807) is 19.1 Å². The van der Waals surface area contributed by atoms with E-state index in [1.807, 2.05) is 9.44 Å². The van der Waals surface area contributed by atoms with Crippen LogP contribution in [0.25, 0.3) is 0 Å². The summed E-state index contributed by atoms with van der Waals surface area (Å²) in [6.07, 6.45) is 1.53. The maximum atomic E-state index is 11.7. The van der Waals surface area contributed by atoms with Crippen LogP contribution in [0.5, 0.6) is 11.5 Å². The first-order valence-corrected chi connectivity index (χ1v) is 17.2. The van der Waals surface area contributed by atoms with Gasteiger partial charge in [-0.25, -0.2) is 18.1 Å². The number of hydrogen-bond donors (Lipinski definition) is 4. The topological polar surface area (TPSA) is 208 Å². The van der Waals surface area contributed by atoms with Gasteiger partial charge in [0.05, 0.1) is 11.4 Å². The first-order chi connectivity index (χ1) is 18.1. The Labute approximate surface area is 230 Å². The van der Waals surface area contributed by atoms with Crippen LogP contribution in [0.3, 0.4) is 0 Å². The second kappa shape index (κ2) is 11.9. The first kappa shape index (κ1) is 30.3. The van der Waals surface area contributed by atoms with Gasteiger partial charge in [-0.2, -0.15) is 16.8 Å². The Morgan fingerprint density at radius 2 is 1.21 bits per heavy atom. The van der Waals surface area contributed by atoms with Crippen LogP contribution in [0.15, 0.2) is 36.4 Å². The van der Waals surface area contributed by atoms with Crippen LogP contribution in [0.2, 0.25) is 0 Å². The summed E-state index contributed by atoms with van der Waals surface area (Å²) in [5.41, 5.74) is 1.30. The SMILES string of the molecule is CCS(=O)Cc1ccc(N2CC(=O)NS2(=O)=O)c(O)c1.CS(=O)Cc1ccc(N2CC(=O)NS2(=O)=O)c(O)c1. The molecule has 18 heteroatoms. The van der Waals surface area contributed by atoms with Gasteiger partial charge in [0.25, 0.3) is 11.8 Å². The molecule has 14 nitrogen and oxygen atoms in total. The normalized spacial score (nSPS) is 19.0. The first-order valence-electron chi connectivity index (χ1n) is 11.1. The van der Waals surface area contributed by atoms with Gasteiger partial charge in [-0.3, -0.25) is 18.0 Å². The van der Waals surface area contributed by atoms with Crippen molar-refractivity contribution in [3.8, 4) is 11.5 Å². The number of nitrogens with zero attached hydrogens (tertiary/aromatic N) is 2. The molecule has 0 radical (unpaired) electrons. The summed E-state index contributed by atoms with van der Waals surface area (Å²) in [7, 11) is -9.96. The number of amides is 2. The van der Waals surface area contributed by atoms with E-state index in [0.717, 1.165) is 8.61 Å². The molecule has 2 aromatic rings. The molecule has 2 heterocycles. The van der Waals surface area contributed by atoms with E-state index < -0.39 is 53.8 Å². The minimum Gasteiger partial charge on any atom is -0.506 e. The Morgan fingerprint density at radius 1 is 0.795 bits per heavy atom. The summed E-state index contributed by atoms with van der Waals surface area (Å²) in [6, 6.07) is 8.64.